The van der Waals surface area contributed by atoms with Gasteiger partial charge in [0.15, 0.2) is 0 Å². The third-order valence-corrected chi connectivity index (χ3v) is 7.60. The highest BCUT2D eigenvalue weighted by atomic mass is 32.2. The lowest BCUT2D eigenvalue weighted by Crippen LogP contribution is -2.45. The molecule has 2 N–H and O–H groups in total. The Bertz CT molecular complexity index is 695. The first kappa shape index (κ1) is 18.4. The van der Waals surface area contributed by atoms with Crippen molar-refractivity contribution in [3.63, 3.8) is 0 Å². The highest BCUT2D eigenvalue weighted by Gasteiger charge is 2.35. The zero-order valence-corrected chi connectivity index (χ0v) is 15.9. The number of piperidine rings is 1. The monoisotopic (exact) mass is 368 g/mol. The summed E-state index contributed by atoms with van der Waals surface area (Å²) >= 11 is 0. The number of aromatic nitrogens is 2. The number of nitrogens with one attached hydrogen (secondary N) is 2. The van der Waals surface area contributed by atoms with Crippen molar-refractivity contribution >= 4 is 15.9 Å². The molecule has 8 heteroatoms. The van der Waals surface area contributed by atoms with Crippen molar-refractivity contribution in [2.75, 3.05) is 13.1 Å². The van der Waals surface area contributed by atoms with Crippen LogP contribution >= 0.6 is 0 Å². The topological polar surface area (TPSA) is 95.2 Å². The first-order valence-electron chi connectivity index (χ1n) is 9.21. The molecule has 1 aliphatic carbocycles. The number of sulfonamides is 1. The van der Waals surface area contributed by atoms with Crippen molar-refractivity contribution in [1.29, 1.82) is 0 Å². The van der Waals surface area contributed by atoms with Gasteiger partial charge in [-0.2, -0.15) is 9.40 Å². The molecule has 1 saturated heterocycles. The third-order valence-electron chi connectivity index (χ3n) is 5.43. The van der Waals surface area contributed by atoms with E-state index in [1.807, 2.05) is 0 Å². The van der Waals surface area contributed by atoms with Crippen LogP contribution < -0.4 is 5.32 Å². The molecule has 25 heavy (non-hydrogen) atoms. The van der Waals surface area contributed by atoms with Gasteiger partial charge in [-0.25, -0.2) is 8.42 Å². The van der Waals surface area contributed by atoms with Crippen molar-refractivity contribution in [2.24, 2.45) is 5.92 Å². The van der Waals surface area contributed by atoms with Crippen molar-refractivity contribution in [1.82, 2.24) is 19.8 Å². The first-order valence-corrected chi connectivity index (χ1v) is 10.7. The fraction of sp³-hybridized carbons (Fsp3) is 0.765. The second-order valence-corrected chi connectivity index (χ2v) is 9.16. The molecule has 1 aromatic heterocycles. The lowest BCUT2D eigenvalue weighted by atomic mass is 9.93. The molecule has 1 amide bonds. The van der Waals surface area contributed by atoms with Crippen molar-refractivity contribution in [3.8, 4) is 0 Å². The Hall–Kier alpha value is -1.41. The van der Waals surface area contributed by atoms with Crippen LogP contribution in [-0.2, 0) is 14.8 Å². The zero-order chi connectivity index (χ0) is 18.0. The van der Waals surface area contributed by atoms with Gasteiger partial charge in [0.05, 0.1) is 11.4 Å². The number of hydrogen-bond acceptors (Lipinski definition) is 4. The minimum Gasteiger partial charge on any atom is -0.353 e. The molecule has 2 aliphatic rings. The van der Waals surface area contributed by atoms with E-state index in [1.165, 1.54) is 23.6 Å². The average molecular weight is 369 g/mol. The lowest BCUT2D eigenvalue weighted by molar-refractivity contribution is -0.127. The molecule has 0 unspecified atom stereocenters. The molecule has 0 bridgehead atoms. The molecule has 2 fully saturated rings. The van der Waals surface area contributed by atoms with Crippen LogP contribution in [0.2, 0.25) is 0 Å². The van der Waals surface area contributed by atoms with E-state index in [4.69, 9.17) is 0 Å². The Morgan fingerprint density at radius 2 is 1.76 bits per heavy atom. The molecular formula is C17H28N4O3S. The molecule has 1 saturated carbocycles. The molecule has 140 valence electrons. The van der Waals surface area contributed by atoms with Gasteiger partial charge in [-0.05, 0) is 39.5 Å². The summed E-state index contributed by atoms with van der Waals surface area (Å²) in [4.78, 5) is 12.7. The summed E-state index contributed by atoms with van der Waals surface area (Å²) in [7, 11) is -3.55. The second kappa shape index (κ2) is 7.45. The number of amides is 1. The molecule has 1 aliphatic heterocycles. The predicted octanol–water partition coefficient (Wildman–Crippen LogP) is 1.88. The molecule has 0 spiro atoms. The smallest absolute Gasteiger partial charge is 0.246 e. The summed E-state index contributed by atoms with van der Waals surface area (Å²) in [5.74, 6) is 0.0135. The van der Waals surface area contributed by atoms with Gasteiger partial charge in [-0.3, -0.25) is 9.89 Å². The molecule has 1 aromatic rings. The van der Waals surface area contributed by atoms with E-state index in [2.05, 4.69) is 15.5 Å². The Morgan fingerprint density at radius 3 is 2.32 bits per heavy atom. The van der Waals surface area contributed by atoms with E-state index >= 15 is 0 Å². The van der Waals surface area contributed by atoms with Crippen LogP contribution in [0.1, 0.15) is 56.3 Å². The molecule has 2 heterocycles. The minimum absolute atomic E-state index is 0.0834. The Balaban J connectivity index is 1.59. The van der Waals surface area contributed by atoms with E-state index < -0.39 is 10.0 Å². The summed E-state index contributed by atoms with van der Waals surface area (Å²) in [5.41, 5.74) is 1.06. The largest absolute Gasteiger partial charge is 0.353 e. The van der Waals surface area contributed by atoms with E-state index in [0.717, 1.165) is 12.8 Å². The van der Waals surface area contributed by atoms with E-state index in [9.17, 15) is 13.2 Å². The lowest BCUT2D eigenvalue weighted by Gasteiger charge is -2.32. The average Bonchev–Trinajstić information content (AvgIpc) is 2.95. The molecule has 0 atom stereocenters. The van der Waals surface area contributed by atoms with Crippen molar-refractivity contribution in [2.45, 2.75) is 69.7 Å². The fourth-order valence-electron chi connectivity index (χ4n) is 3.97. The molecular weight excluding hydrogens is 340 g/mol. The van der Waals surface area contributed by atoms with Gasteiger partial charge in [0.1, 0.15) is 4.90 Å². The normalized spacial score (nSPS) is 21.4. The first-order chi connectivity index (χ1) is 11.9. The fourth-order valence-corrected chi connectivity index (χ4v) is 5.78. The summed E-state index contributed by atoms with van der Waals surface area (Å²) < 4.78 is 27.2. The van der Waals surface area contributed by atoms with Gasteiger partial charge >= 0.3 is 0 Å². The SMILES string of the molecule is Cc1n[nH]c(C)c1S(=O)(=O)N1CCC(C(=O)NC2CCCCC2)CC1. The van der Waals surface area contributed by atoms with Crippen LogP contribution in [0.25, 0.3) is 0 Å². The van der Waals surface area contributed by atoms with Crippen LogP contribution in [0.3, 0.4) is 0 Å². The maximum absolute atomic E-state index is 12.8. The highest BCUT2D eigenvalue weighted by Crippen LogP contribution is 2.27. The van der Waals surface area contributed by atoms with Gasteiger partial charge in [0, 0.05) is 25.0 Å². The standard InChI is InChI=1S/C17H28N4O3S/c1-12-16(13(2)20-19-12)25(23,24)21-10-8-14(9-11-21)17(22)18-15-6-4-3-5-7-15/h14-15H,3-11H2,1-2H3,(H,18,22)(H,19,20). The predicted molar refractivity (Wildman–Crippen MR) is 94.6 cm³/mol. The second-order valence-electron chi connectivity index (χ2n) is 7.29. The number of aromatic amines is 1. The van der Waals surface area contributed by atoms with Gasteiger partial charge < -0.3 is 5.32 Å². The van der Waals surface area contributed by atoms with E-state index in [-0.39, 0.29) is 16.7 Å². The van der Waals surface area contributed by atoms with Crippen LogP contribution in [-0.4, -0.2) is 48.0 Å². The summed E-state index contributed by atoms with van der Waals surface area (Å²) in [6.45, 7) is 4.18. The molecule has 0 aromatic carbocycles. The number of hydrogen-bond donors (Lipinski definition) is 2. The third kappa shape index (κ3) is 3.89. The summed E-state index contributed by atoms with van der Waals surface area (Å²) in [6.07, 6.45) is 6.92. The molecule has 7 nitrogen and oxygen atoms in total. The number of nitrogens with zero attached hydrogens (tertiary/aromatic N) is 2. The minimum atomic E-state index is -3.55. The van der Waals surface area contributed by atoms with Crippen molar-refractivity contribution < 1.29 is 13.2 Å². The van der Waals surface area contributed by atoms with Crippen LogP contribution in [0.5, 0.6) is 0 Å². The maximum atomic E-state index is 12.8. The van der Waals surface area contributed by atoms with Crippen LogP contribution in [0, 0.1) is 19.8 Å². The number of carbonyl (C=O) groups is 1. The van der Waals surface area contributed by atoms with Gasteiger partial charge in [0.25, 0.3) is 0 Å². The van der Waals surface area contributed by atoms with E-state index in [1.54, 1.807) is 13.8 Å². The maximum Gasteiger partial charge on any atom is 0.246 e. The van der Waals surface area contributed by atoms with Gasteiger partial charge in [0.2, 0.25) is 15.9 Å². The van der Waals surface area contributed by atoms with Gasteiger partial charge in [-0.1, -0.05) is 19.3 Å². The number of carbonyl (C=O) groups excluding carboxylic acids is 1. The summed E-state index contributed by atoms with van der Waals surface area (Å²) in [6, 6.07) is 0.305. The number of rotatable bonds is 4. The van der Waals surface area contributed by atoms with Crippen LogP contribution in [0.4, 0.5) is 0 Å². The Kier molecular flexibility index (Phi) is 5.48. The zero-order valence-electron chi connectivity index (χ0n) is 15.0. The molecule has 0 radical (unpaired) electrons. The highest BCUT2D eigenvalue weighted by molar-refractivity contribution is 7.89. The summed E-state index contributed by atoms with van der Waals surface area (Å²) in [5, 5.41) is 9.89. The van der Waals surface area contributed by atoms with Gasteiger partial charge in [-0.15, -0.1) is 0 Å². The quantitative estimate of drug-likeness (QED) is 0.848. The van der Waals surface area contributed by atoms with Crippen molar-refractivity contribution in [3.05, 3.63) is 11.4 Å². The Labute approximate surface area is 149 Å². The van der Waals surface area contributed by atoms with E-state index in [0.29, 0.717) is 43.4 Å². The number of H-pyrrole nitrogens is 1. The Morgan fingerprint density at radius 1 is 1.12 bits per heavy atom. The molecule has 3 rings (SSSR count). The van der Waals surface area contributed by atoms with Crippen LogP contribution in [0.15, 0.2) is 4.90 Å². The number of aryl methyl sites for hydroxylation is 2.